The van der Waals surface area contributed by atoms with E-state index >= 15 is 0 Å². The average molecular weight is 159 g/mol. The van der Waals surface area contributed by atoms with Crippen molar-refractivity contribution in [2.75, 3.05) is 0 Å². The highest BCUT2D eigenvalue weighted by Gasteiger charge is 2.18. The topological polar surface area (TPSA) is 50.4 Å². The third-order valence-electron chi connectivity index (χ3n) is 1.91. The Hall–Kier alpha value is -1.77. The van der Waals surface area contributed by atoms with Gasteiger partial charge in [0.2, 0.25) is 0 Å². The van der Waals surface area contributed by atoms with Crippen LogP contribution < -0.4 is 11.2 Å². The zero-order chi connectivity index (χ0) is 8.55. The fraction of sp³-hybridized carbons (Fsp3) is 0. The molecule has 1 heterocycles. The van der Waals surface area contributed by atoms with Crippen molar-refractivity contribution in [3.8, 4) is 0 Å². The SMILES string of the molecule is C=C1N/C(=N\N)c2ccccc21. The van der Waals surface area contributed by atoms with Crippen molar-refractivity contribution in [1.82, 2.24) is 5.32 Å². The molecular formula is C9H9N3. The number of hydrogen-bond acceptors (Lipinski definition) is 2. The Morgan fingerprint density at radius 3 is 2.58 bits per heavy atom. The summed E-state index contributed by atoms with van der Waals surface area (Å²) in [6.07, 6.45) is 0. The van der Waals surface area contributed by atoms with Crippen LogP contribution in [0.4, 0.5) is 0 Å². The molecule has 1 aromatic rings. The lowest BCUT2D eigenvalue weighted by Gasteiger charge is -1.93. The highest BCUT2D eigenvalue weighted by Crippen LogP contribution is 2.22. The van der Waals surface area contributed by atoms with Gasteiger partial charge in [-0.3, -0.25) is 0 Å². The van der Waals surface area contributed by atoms with E-state index in [1.165, 1.54) is 0 Å². The molecule has 60 valence electrons. The van der Waals surface area contributed by atoms with Gasteiger partial charge in [-0.25, -0.2) is 0 Å². The van der Waals surface area contributed by atoms with E-state index in [-0.39, 0.29) is 0 Å². The zero-order valence-electron chi connectivity index (χ0n) is 6.54. The molecule has 1 aliphatic heterocycles. The number of nitrogens with two attached hydrogens (primary N) is 1. The van der Waals surface area contributed by atoms with Gasteiger partial charge in [0.25, 0.3) is 0 Å². The summed E-state index contributed by atoms with van der Waals surface area (Å²) in [4.78, 5) is 0. The van der Waals surface area contributed by atoms with Gasteiger partial charge in [0, 0.05) is 16.8 Å². The van der Waals surface area contributed by atoms with Crippen LogP contribution in [-0.4, -0.2) is 5.84 Å². The van der Waals surface area contributed by atoms with Crippen LogP contribution in [0.15, 0.2) is 35.9 Å². The zero-order valence-corrected chi connectivity index (χ0v) is 6.54. The van der Waals surface area contributed by atoms with Gasteiger partial charge in [0.15, 0.2) is 5.84 Å². The highest BCUT2D eigenvalue weighted by atomic mass is 15.2. The van der Waals surface area contributed by atoms with Crippen molar-refractivity contribution in [3.63, 3.8) is 0 Å². The molecule has 0 bridgehead atoms. The second-order valence-electron chi connectivity index (χ2n) is 2.63. The molecule has 0 aromatic heterocycles. The molecule has 0 radical (unpaired) electrons. The van der Waals surface area contributed by atoms with E-state index in [0.717, 1.165) is 16.8 Å². The summed E-state index contributed by atoms with van der Waals surface area (Å²) >= 11 is 0. The Kier molecular flexibility index (Phi) is 1.37. The van der Waals surface area contributed by atoms with Crippen LogP contribution in [0.25, 0.3) is 5.70 Å². The van der Waals surface area contributed by atoms with Gasteiger partial charge < -0.3 is 11.2 Å². The van der Waals surface area contributed by atoms with Gasteiger partial charge in [-0.05, 0) is 0 Å². The first-order valence-electron chi connectivity index (χ1n) is 3.66. The first-order valence-corrected chi connectivity index (χ1v) is 3.66. The monoisotopic (exact) mass is 159 g/mol. The molecule has 2 rings (SSSR count). The number of rotatable bonds is 0. The number of fused-ring (bicyclic) bond motifs is 1. The Balaban J connectivity index is 2.65. The van der Waals surface area contributed by atoms with E-state index in [1.807, 2.05) is 24.3 Å². The molecule has 0 atom stereocenters. The Labute approximate surface area is 70.6 Å². The molecule has 1 aromatic carbocycles. The molecule has 1 aliphatic rings. The first kappa shape index (κ1) is 6.91. The smallest absolute Gasteiger partial charge is 0.157 e. The van der Waals surface area contributed by atoms with Gasteiger partial charge in [0.05, 0.1) is 0 Å². The minimum atomic E-state index is 0.690. The van der Waals surface area contributed by atoms with Gasteiger partial charge in [0.1, 0.15) is 0 Å². The van der Waals surface area contributed by atoms with Gasteiger partial charge in [-0.15, -0.1) is 0 Å². The summed E-state index contributed by atoms with van der Waals surface area (Å²) < 4.78 is 0. The summed E-state index contributed by atoms with van der Waals surface area (Å²) in [6.45, 7) is 3.85. The quantitative estimate of drug-likeness (QED) is 0.436. The molecular weight excluding hydrogens is 150 g/mol. The van der Waals surface area contributed by atoms with Gasteiger partial charge in [-0.1, -0.05) is 30.8 Å². The second kappa shape index (κ2) is 2.37. The van der Waals surface area contributed by atoms with Crippen LogP contribution in [0.3, 0.4) is 0 Å². The summed E-state index contributed by atoms with van der Waals surface area (Å²) in [5, 5.41) is 6.62. The van der Waals surface area contributed by atoms with E-state index in [4.69, 9.17) is 5.84 Å². The van der Waals surface area contributed by atoms with Crippen LogP contribution in [0.2, 0.25) is 0 Å². The summed E-state index contributed by atoms with van der Waals surface area (Å²) in [7, 11) is 0. The maximum absolute atomic E-state index is 5.20. The molecule has 0 saturated carbocycles. The van der Waals surface area contributed by atoms with E-state index in [0.29, 0.717) is 5.84 Å². The summed E-state index contributed by atoms with van der Waals surface area (Å²) in [5.74, 6) is 5.89. The molecule has 3 heteroatoms. The third kappa shape index (κ3) is 0.797. The van der Waals surface area contributed by atoms with Crippen molar-refractivity contribution < 1.29 is 0 Å². The Bertz CT molecular complexity index is 366. The molecule has 0 fully saturated rings. The van der Waals surface area contributed by atoms with Crippen molar-refractivity contribution in [3.05, 3.63) is 42.0 Å². The normalized spacial score (nSPS) is 17.7. The minimum absolute atomic E-state index is 0.690. The molecule has 0 aliphatic carbocycles. The van der Waals surface area contributed by atoms with Crippen LogP contribution in [0.5, 0.6) is 0 Å². The fourth-order valence-corrected chi connectivity index (χ4v) is 1.33. The van der Waals surface area contributed by atoms with Crippen LogP contribution in [0, 0.1) is 0 Å². The van der Waals surface area contributed by atoms with E-state index in [9.17, 15) is 0 Å². The first-order chi connectivity index (χ1) is 5.83. The number of nitrogens with one attached hydrogen (secondary N) is 1. The number of benzene rings is 1. The van der Waals surface area contributed by atoms with E-state index < -0.39 is 0 Å². The lowest BCUT2D eigenvalue weighted by molar-refractivity contribution is 1.20. The molecule has 0 amide bonds. The average Bonchev–Trinajstić information content (AvgIpc) is 2.44. The number of hydrogen-bond donors (Lipinski definition) is 2. The van der Waals surface area contributed by atoms with Crippen LogP contribution in [-0.2, 0) is 0 Å². The number of amidine groups is 1. The van der Waals surface area contributed by atoms with E-state index in [2.05, 4.69) is 17.0 Å². The van der Waals surface area contributed by atoms with Crippen molar-refractivity contribution in [1.29, 1.82) is 0 Å². The number of nitrogens with zero attached hydrogens (tertiary/aromatic N) is 1. The minimum Gasteiger partial charge on any atom is -0.338 e. The van der Waals surface area contributed by atoms with Crippen molar-refractivity contribution in [2.45, 2.75) is 0 Å². The van der Waals surface area contributed by atoms with E-state index in [1.54, 1.807) is 0 Å². The third-order valence-corrected chi connectivity index (χ3v) is 1.91. The molecule has 3 nitrogen and oxygen atoms in total. The second-order valence-corrected chi connectivity index (χ2v) is 2.63. The Morgan fingerprint density at radius 1 is 1.25 bits per heavy atom. The largest absolute Gasteiger partial charge is 0.338 e. The maximum atomic E-state index is 5.20. The molecule has 0 saturated heterocycles. The van der Waals surface area contributed by atoms with Crippen LogP contribution >= 0.6 is 0 Å². The fourth-order valence-electron chi connectivity index (χ4n) is 1.33. The lowest BCUT2D eigenvalue weighted by atomic mass is 10.1. The predicted molar refractivity (Wildman–Crippen MR) is 49.3 cm³/mol. The van der Waals surface area contributed by atoms with Crippen molar-refractivity contribution >= 4 is 11.5 Å². The maximum Gasteiger partial charge on any atom is 0.157 e. The predicted octanol–water partition coefficient (Wildman–Crippen LogP) is 0.881. The molecule has 12 heavy (non-hydrogen) atoms. The highest BCUT2D eigenvalue weighted by molar-refractivity contribution is 6.11. The van der Waals surface area contributed by atoms with Crippen molar-refractivity contribution in [2.24, 2.45) is 10.9 Å². The number of hydrazone groups is 1. The Morgan fingerprint density at radius 2 is 1.92 bits per heavy atom. The standard InChI is InChI=1S/C9H9N3/c1-6-7-4-2-3-5-8(7)9(11-6)12-10/h2-5H,1,10H2,(H,11,12). The molecule has 3 N–H and O–H groups in total. The molecule has 0 unspecified atom stereocenters. The van der Waals surface area contributed by atoms with Gasteiger partial charge in [-0.2, -0.15) is 5.10 Å². The molecule has 0 spiro atoms. The van der Waals surface area contributed by atoms with Crippen LogP contribution in [0.1, 0.15) is 11.1 Å². The van der Waals surface area contributed by atoms with Gasteiger partial charge >= 0.3 is 0 Å². The summed E-state index contributed by atoms with van der Waals surface area (Å²) in [5.41, 5.74) is 2.95. The summed E-state index contributed by atoms with van der Waals surface area (Å²) in [6, 6.07) is 7.87. The lowest BCUT2D eigenvalue weighted by Crippen LogP contribution is -2.15.